The average molecular weight is 540 g/mol. The molecule has 0 saturated heterocycles. The molecule has 0 saturated carbocycles. The molecule has 1 aliphatic rings. The van der Waals surface area contributed by atoms with Crippen molar-refractivity contribution in [1.29, 1.82) is 0 Å². The maximum atomic E-state index is 13.5. The lowest BCUT2D eigenvalue weighted by Gasteiger charge is -2.33. The Bertz CT molecular complexity index is 1500. The molecule has 2 aromatic heterocycles. The van der Waals surface area contributed by atoms with Crippen LogP contribution in [-0.2, 0) is 16.9 Å². The first kappa shape index (κ1) is 27.8. The van der Waals surface area contributed by atoms with Crippen molar-refractivity contribution in [1.82, 2.24) is 9.55 Å². The molecule has 2 aromatic carbocycles. The van der Waals surface area contributed by atoms with Crippen molar-refractivity contribution in [2.24, 2.45) is 0 Å². The van der Waals surface area contributed by atoms with Crippen LogP contribution in [0.2, 0.25) is 0 Å². The van der Waals surface area contributed by atoms with E-state index in [0.29, 0.717) is 12.3 Å². The quantitative estimate of drug-likeness (QED) is 0.137. The molecular formula is C34H41N3O3. The van der Waals surface area contributed by atoms with E-state index in [1.54, 1.807) is 6.20 Å². The molecule has 1 atom stereocenters. The monoisotopic (exact) mass is 539 g/mol. The number of carbonyl (C=O) groups is 1. The van der Waals surface area contributed by atoms with Gasteiger partial charge in [0.25, 0.3) is 0 Å². The standard InChI is InChI=1S/C34H41N3O3/c1-6-10-11-14-22-37-24(5)31(26-16-12-13-18-29(26)37)34(28-17-15-21-35-32(28)33(38)40-34)27-20-19-25(36(7-2)8-3)23-30(27)39-9-4/h12-13,15-21,23H,6-11,14,22H2,1-5H3. The Balaban J connectivity index is 1.82. The maximum absolute atomic E-state index is 13.5. The minimum atomic E-state index is -1.19. The van der Waals surface area contributed by atoms with E-state index in [-0.39, 0.29) is 0 Å². The fourth-order valence-electron chi connectivity index (χ4n) is 6.34. The van der Waals surface area contributed by atoms with Crippen molar-refractivity contribution in [2.75, 3.05) is 24.6 Å². The van der Waals surface area contributed by atoms with Crippen LogP contribution in [0.3, 0.4) is 0 Å². The van der Waals surface area contributed by atoms with Crippen LogP contribution in [0.4, 0.5) is 5.69 Å². The average Bonchev–Trinajstić information content (AvgIpc) is 3.43. The fourth-order valence-corrected chi connectivity index (χ4v) is 6.34. The molecule has 1 unspecified atom stereocenters. The summed E-state index contributed by atoms with van der Waals surface area (Å²) in [5.41, 5.74) is 5.06. The molecule has 6 heteroatoms. The van der Waals surface area contributed by atoms with Crippen LogP contribution in [0.5, 0.6) is 5.75 Å². The number of hydrogen-bond acceptors (Lipinski definition) is 5. The Labute approximate surface area is 237 Å². The molecule has 0 amide bonds. The van der Waals surface area contributed by atoms with Gasteiger partial charge in [0.2, 0.25) is 0 Å². The number of hydrogen-bond donors (Lipinski definition) is 0. The second-order valence-electron chi connectivity index (χ2n) is 10.4. The SMILES string of the molecule is CCCCCCn1c(C)c(C2(c3ccc(N(CC)CC)cc3OCC)OC(=O)c3ncccc32)c2ccccc21. The number of anilines is 1. The molecule has 4 aromatic rings. The lowest BCUT2D eigenvalue weighted by molar-refractivity contribution is 0.0243. The molecule has 40 heavy (non-hydrogen) atoms. The highest BCUT2D eigenvalue weighted by molar-refractivity contribution is 5.97. The third-order valence-electron chi connectivity index (χ3n) is 8.22. The van der Waals surface area contributed by atoms with E-state index in [1.807, 2.05) is 19.1 Å². The zero-order valence-corrected chi connectivity index (χ0v) is 24.5. The van der Waals surface area contributed by atoms with E-state index in [0.717, 1.165) is 70.8 Å². The van der Waals surface area contributed by atoms with Gasteiger partial charge < -0.3 is 18.9 Å². The number of unbranched alkanes of at least 4 members (excludes halogenated alkanes) is 3. The number of cyclic esters (lactones) is 1. The molecule has 0 spiro atoms. The second-order valence-corrected chi connectivity index (χ2v) is 10.4. The van der Waals surface area contributed by atoms with Gasteiger partial charge >= 0.3 is 5.97 Å². The smallest absolute Gasteiger partial charge is 0.358 e. The molecule has 0 aliphatic carbocycles. The zero-order chi connectivity index (χ0) is 28.3. The fraction of sp³-hybridized carbons (Fsp3) is 0.412. The van der Waals surface area contributed by atoms with Gasteiger partial charge in [-0.05, 0) is 58.4 Å². The van der Waals surface area contributed by atoms with E-state index in [4.69, 9.17) is 9.47 Å². The van der Waals surface area contributed by atoms with E-state index in [2.05, 4.69) is 84.6 Å². The summed E-state index contributed by atoms with van der Waals surface area (Å²) >= 11 is 0. The summed E-state index contributed by atoms with van der Waals surface area (Å²) in [4.78, 5) is 20.3. The Hall–Kier alpha value is -3.80. The first-order chi connectivity index (χ1) is 19.5. The van der Waals surface area contributed by atoms with Crippen LogP contribution in [0.1, 0.15) is 86.3 Å². The number of carbonyl (C=O) groups excluding carboxylic acids is 1. The van der Waals surface area contributed by atoms with Gasteiger partial charge in [0.15, 0.2) is 11.3 Å². The van der Waals surface area contributed by atoms with Crippen LogP contribution in [0.15, 0.2) is 60.8 Å². The summed E-state index contributed by atoms with van der Waals surface area (Å²) in [5, 5.41) is 1.08. The Morgan fingerprint density at radius 3 is 2.50 bits per heavy atom. The van der Waals surface area contributed by atoms with Crippen molar-refractivity contribution in [2.45, 2.75) is 72.4 Å². The van der Waals surface area contributed by atoms with E-state index < -0.39 is 11.6 Å². The summed E-state index contributed by atoms with van der Waals surface area (Å²) in [7, 11) is 0. The van der Waals surface area contributed by atoms with Crippen molar-refractivity contribution in [3.05, 3.63) is 88.9 Å². The van der Waals surface area contributed by atoms with Crippen molar-refractivity contribution < 1.29 is 14.3 Å². The zero-order valence-electron chi connectivity index (χ0n) is 24.5. The number of nitrogens with zero attached hydrogens (tertiary/aromatic N) is 3. The van der Waals surface area contributed by atoms with Gasteiger partial charge in [-0.25, -0.2) is 9.78 Å². The third-order valence-corrected chi connectivity index (χ3v) is 8.22. The molecule has 1 aliphatic heterocycles. The van der Waals surface area contributed by atoms with Crippen LogP contribution in [0.25, 0.3) is 10.9 Å². The number of aryl methyl sites for hydroxylation is 1. The molecule has 0 N–H and O–H groups in total. The maximum Gasteiger partial charge on any atom is 0.358 e. The predicted molar refractivity (Wildman–Crippen MR) is 162 cm³/mol. The van der Waals surface area contributed by atoms with E-state index in [9.17, 15) is 4.79 Å². The van der Waals surface area contributed by atoms with Gasteiger partial charge in [-0.2, -0.15) is 0 Å². The number of benzene rings is 2. The highest BCUT2D eigenvalue weighted by Crippen LogP contribution is 2.53. The topological polar surface area (TPSA) is 56.6 Å². The lowest BCUT2D eigenvalue weighted by Crippen LogP contribution is -2.31. The summed E-state index contributed by atoms with van der Waals surface area (Å²) in [6.45, 7) is 13.9. The largest absolute Gasteiger partial charge is 0.493 e. The van der Waals surface area contributed by atoms with Gasteiger partial charge in [-0.1, -0.05) is 50.5 Å². The number of ether oxygens (including phenoxy) is 2. The second kappa shape index (κ2) is 11.7. The van der Waals surface area contributed by atoms with Gasteiger partial charge in [0.05, 0.1) is 6.61 Å². The number of rotatable bonds is 12. The highest BCUT2D eigenvalue weighted by atomic mass is 16.6. The van der Waals surface area contributed by atoms with Crippen LogP contribution >= 0.6 is 0 Å². The minimum absolute atomic E-state index is 0.358. The third kappa shape index (κ3) is 4.53. The number of fused-ring (bicyclic) bond motifs is 2. The van der Waals surface area contributed by atoms with Crippen LogP contribution in [0, 0.1) is 6.92 Å². The minimum Gasteiger partial charge on any atom is -0.493 e. The summed E-state index contributed by atoms with van der Waals surface area (Å²) < 4.78 is 15.3. The predicted octanol–water partition coefficient (Wildman–Crippen LogP) is 7.63. The number of aromatic nitrogens is 2. The highest BCUT2D eigenvalue weighted by Gasteiger charge is 2.53. The molecule has 210 valence electrons. The summed E-state index contributed by atoms with van der Waals surface area (Å²) in [5.74, 6) is 0.306. The number of esters is 1. The van der Waals surface area contributed by atoms with E-state index >= 15 is 0 Å². The molecule has 6 nitrogen and oxygen atoms in total. The van der Waals surface area contributed by atoms with Gasteiger partial charge in [-0.3, -0.25) is 0 Å². The number of pyridine rings is 1. The van der Waals surface area contributed by atoms with Gasteiger partial charge in [-0.15, -0.1) is 0 Å². The molecule has 5 rings (SSSR count). The molecule has 0 bridgehead atoms. The first-order valence-electron chi connectivity index (χ1n) is 14.8. The van der Waals surface area contributed by atoms with E-state index in [1.165, 1.54) is 19.3 Å². The van der Waals surface area contributed by atoms with Crippen molar-refractivity contribution in [3.8, 4) is 5.75 Å². The van der Waals surface area contributed by atoms with Crippen LogP contribution < -0.4 is 9.64 Å². The molecular weight excluding hydrogens is 498 g/mol. The first-order valence-corrected chi connectivity index (χ1v) is 14.8. The Morgan fingerprint density at radius 1 is 0.950 bits per heavy atom. The summed E-state index contributed by atoms with van der Waals surface area (Å²) in [6.07, 6.45) is 6.37. The Morgan fingerprint density at radius 2 is 1.75 bits per heavy atom. The number of para-hydroxylation sites is 1. The van der Waals surface area contributed by atoms with Gasteiger partial charge in [0, 0.05) is 70.9 Å². The lowest BCUT2D eigenvalue weighted by atomic mass is 9.78. The van der Waals surface area contributed by atoms with Crippen molar-refractivity contribution >= 4 is 22.6 Å². The molecule has 3 heterocycles. The Kier molecular flexibility index (Phi) is 8.15. The molecule has 0 fully saturated rings. The molecule has 0 radical (unpaired) electrons. The summed E-state index contributed by atoms with van der Waals surface area (Å²) in [6, 6.07) is 18.6. The van der Waals surface area contributed by atoms with Crippen molar-refractivity contribution in [3.63, 3.8) is 0 Å². The van der Waals surface area contributed by atoms with Gasteiger partial charge in [0.1, 0.15) is 5.75 Å². The normalized spacial score (nSPS) is 16.3. The van der Waals surface area contributed by atoms with Crippen LogP contribution in [-0.4, -0.2) is 35.2 Å².